The fraction of sp³-hybridized carbons (Fsp3) is 0.357. The van der Waals surface area contributed by atoms with E-state index in [-0.39, 0.29) is 0 Å². The van der Waals surface area contributed by atoms with Gasteiger partial charge in [0.25, 0.3) is 0 Å². The zero-order valence-electron chi connectivity index (χ0n) is 11.1. The number of aromatic amines is 1. The number of hydrogen-bond acceptors (Lipinski definition) is 4. The van der Waals surface area contributed by atoms with E-state index in [0.29, 0.717) is 6.04 Å². The normalized spacial score (nSPS) is 19.6. The Balaban J connectivity index is 1.61. The average molecular weight is 268 g/mol. The number of nitrogens with zero attached hydrogens (tertiary/aromatic N) is 5. The molecular formula is C14H16N6. The number of piperidine rings is 1. The van der Waals surface area contributed by atoms with Crippen LogP contribution in [0.1, 0.15) is 18.9 Å². The Morgan fingerprint density at radius 2 is 2.20 bits per heavy atom. The number of fused-ring (bicyclic) bond motifs is 1. The summed E-state index contributed by atoms with van der Waals surface area (Å²) < 4.78 is 1.95. The van der Waals surface area contributed by atoms with Gasteiger partial charge in [0.15, 0.2) is 0 Å². The predicted molar refractivity (Wildman–Crippen MR) is 76.6 cm³/mol. The monoisotopic (exact) mass is 268 g/mol. The second-order valence-electron chi connectivity index (χ2n) is 5.20. The minimum atomic E-state index is 0.375. The van der Waals surface area contributed by atoms with Gasteiger partial charge in [-0.15, -0.1) is 0 Å². The van der Waals surface area contributed by atoms with Gasteiger partial charge in [-0.05, 0) is 25.0 Å². The van der Waals surface area contributed by atoms with Gasteiger partial charge in [0.2, 0.25) is 5.95 Å². The number of anilines is 1. The van der Waals surface area contributed by atoms with Gasteiger partial charge in [-0.25, -0.2) is 14.6 Å². The Bertz CT molecular complexity index is 668. The van der Waals surface area contributed by atoms with Crippen molar-refractivity contribution in [1.82, 2.24) is 24.7 Å². The van der Waals surface area contributed by atoms with Crippen LogP contribution in [0.3, 0.4) is 0 Å². The second kappa shape index (κ2) is 4.63. The van der Waals surface area contributed by atoms with Crippen molar-refractivity contribution in [3.63, 3.8) is 0 Å². The molecule has 0 amide bonds. The number of benzene rings is 1. The molecule has 0 saturated carbocycles. The van der Waals surface area contributed by atoms with Crippen LogP contribution < -0.4 is 4.90 Å². The zero-order chi connectivity index (χ0) is 13.4. The van der Waals surface area contributed by atoms with Crippen LogP contribution in [-0.4, -0.2) is 37.8 Å². The Labute approximate surface area is 116 Å². The predicted octanol–water partition coefficient (Wildman–Crippen LogP) is 2.00. The number of nitrogens with one attached hydrogen (secondary N) is 1. The van der Waals surface area contributed by atoms with Crippen molar-refractivity contribution < 1.29 is 0 Å². The van der Waals surface area contributed by atoms with E-state index in [1.165, 1.54) is 0 Å². The van der Waals surface area contributed by atoms with E-state index in [2.05, 4.69) is 31.0 Å². The lowest BCUT2D eigenvalue weighted by Crippen LogP contribution is -2.37. The molecule has 102 valence electrons. The molecule has 1 saturated heterocycles. The summed E-state index contributed by atoms with van der Waals surface area (Å²) in [6.07, 6.45) is 5.68. The molecule has 20 heavy (non-hydrogen) atoms. The van der Waals surface area contributed by atoms with Crippen LogP contribution in [0.2, 0.25) is 0 Å². The van der Waals surface area contributed by atoms with Crippen LogP contribution in [-0.2, 0) is 0 Å². The smallest absolute Gasteiger partial charge is 0.203 e. The number of H-pyrrole nitrogens is 1. The Kier molecular flexibility index (Phi) is 2.65. The standard InChI is InChI=1S/C14H16N6/c1-2-6-13-12(5-1)17-14(18-13)19-7-3-4-11(8-19)20-10-15-9-16-20/h1-2,5-6,9-11H,3-4,7-8H2,(H,17,18). The summed E-state index contributed by atoms with van der Waals surface area (Å²) in [6, 6.07) is 8.51. The van der Waals surface area contributed by atoms with Gasteiger partial charge < -0.3 is 9.88 Å². The van der Waals surface area contributed by atoms with Crippen molar-refractivity contribution in [2.75, 3.05) is 18.0 Å². The topological polar surface area (TPSA) is 62.6 Å². The fourth-order valence-corrected chi connectivity index (χ4v) is 2.86. The molecule has 0 bridgehead atoms. The third kappa shape index (κ3) is 1.93. The Hall–Kier alpha value is -2.37. The summed E-state index contributed by atoms with van der Waals surface area (Å²) in [5, 5.41) is 4.26. The van der Waals surface area contributed by atoms with E-state index in [9.17, 15) is 0 Å². The van der Waals surface area contributed by atoms with Gasteiger partial charge >= 0.3 is 0 Å². The first-order valence-corrected chi connectivity index (χ1v) is 6.94. The van der Waals surface area contributed by atoms with E-state index in [0.717, 1.165) is 42.9 Å². The largest absolute Gasteiger partial charge is 0.340 e. The van der Waals surface area contributed by atoms with Gasteiger partial charge in [-0.3, -0.25) is 0 Å². The maximum atomic E-state index is 4.68. The zero-order valence-corrected chi connectivity index (χ0v) is 11.1. The fourth-order valence-electron chi connectivity index (χ4n) is 2.86. The molecule has 1 N–H and O–H groups in total. The number of rotatable bonds is 2. The van der Waals surface area contributed by atoms with E-state index < -0.39 is 0 Å². The maximum Gasteiger partial charge on any atom is 0.203 e. The van der Waals surface area contributed by atoms with Crippen LogP contribution in [0.4, 0.5) is 5.95 Å². The van der Waals surface area contributed by atoms with Crippen LogP contribution in [0.15, 0.2) is 36.9 Å². The summed E-state index contributed by atoms with van der Waals surface area (Å²) >= 11 is 0. The molecule has 3 aromatic rings. The Morgan fingerprint density at radius 3 is 3.05 bits per heavy atom. The van der Waals surface area contributed by atoms with Crippen LogP contribution in [0.25, 0.3) is 11.0 Å². The highest BCUT2D eigenvalue weighted by atomic mass is 15.4. The van der Waals surface area contributed by atoms with E-state index >= 15 is 0 Å². The van der Waals surface area contributed by atoms with Crippen molar-refractivity contribution in [2.45, 2.75) is 18.9 Å². The average Bonchev–Trinajstić information content (AvgIpc) is 3.16. The molecule has 1 fully saturated rings. The lowest BCUT2D eigenvalue weighted by Gasteiger charge is -2.32. The molecule has 2 aromatic heterocycles. The summed E-state index contributed by atoms with van der Waals surface area (Å²) in [5.41, 5.74) is 2.11. The number of hydrogen-bond donors (Lipinski definition) is 1. The SMILES string of the molecule is c1ccc2[nH]c(N3CCCC(n4cncn4)C3)nc2c1. The van der Waals surface area contributed by atoms with Gasteiger partial charge in [-0.2, -0.15) is 5.10 Å². The molecule has 1 unspecified atom stereocenters. The molecule has 0 aliphatic carbocycles. The first-order valence-electron chi connectivity index (χ1n) is 6.94. The van der Waals surface area contributed by atoms with Crippen molar-refractivity contribution >= 4 is 17.0 Å². The second-order valence-corrected chi connectivity index (χ2v) is 5.20. The summed E-state index contributed by atoms with van der Waals surface area (Å²) in [4.78, 5) is 14.4. The number of aromatic nitrogens is 5. The van der Waals surface area contributed by atoms with Crippen LogP contribution in [0.5, 0.6) is 0 Å². The lowest BCUT2D eigenvalue weighted by molar-refractivity contribution is 0.373. The molecule has 1 aliphatic rings. The highest BCUT2D eigenvalue weighted by Crippen LogP contribution is 2.25. The minimum Gasteiger partial charge on any atom is -0.340 e. The quantitative estimate of drug-likeness (QED) is 0.772. The molecule has 6 heteroatoms. The van der Waals surface area contributed by atoms with Crippen molar-refractivity contribution in [1.29, 1.82) is 0 Å². The van der Waals surface area contributed by atoms with Gasteiger partial charge in [0.1, 0.15) is 12.7 Å². The Morgan fingerprint density at radius 1 is 1.25 bits per heavy atom. The van der Waals surface area contributed by atoms with Crippen LogP contribution in [0, 0.1) is 0 Å². The molecular weight excluding hydrogens is 252 g/mol. The summed E-state index contributed by atoms with van der Waals surface area (Å²) in [7, 11) is 0. The van der Waals surface area contributed by atoms with Gasteiger partial charge in [0.05, 0.1) is 17.1 Å². The summed E-state index contributed by atoms with van der Waals surface area (Å²) in [6.45, 7) is 1.95. The number of imidazole rings is 1. The van der Waals surface area contributed by atoms with E-state index in [4.69, 9.17) is 0 Å². The molecule has 4 rings (SSSR count). The van der Waals surface area contributed by atoms with E-state index in [1.54, 1.807) is 12.7 Å². The molecule has 1 aromatic carbocycles. The minimum absolute atomic E-state index is 0.375. The summed E-state index contributed by atoms with van der Waals surface area (Å²) in [5.74, 6) is 0.955. The molecule has 3 heterocycles. The molecule has 0 spiro atoms. The first kappa shape index (κ1) is 11.5. The highest BCUT2D eigenvalue weighted by Gasteiger charge is 2.23. The van der Waals surface area contributed by atoms with Crippen molar-refractivity contribution in [2.24, 2.45) is 0 Å². The van der Waals surface area contributed by atoms with Crippen LogP contribution >= 0.6 is 0 Å². The lowest BCUT2D eigenvalue weighted by atomic mass is 10.1. The third-order valence-electron chi connectivity index (χ3n) is 3.88. The number of para-hydroxylation sites is 2. The molecule has 6 nitrogen and oxygen atoms in total. The van der Waals surface area contributed by atoms with Crippen molar-refractivity contribution in [3.05, 3.63) is 36.9 Å². The maximum absolute atomic E-state index is 4.68. The van der Waals surface area contributed by atoms with Gasteiger partial charge in [-0.1, -0.05) is 12.1 Å². The molecule has 1 aliphatic heterocycles. The van der Waals surface area contributed by atoms with Crippen molar-refractivity contribution in [3.8, 4) is 0 Å². The van der Waals surface area contributed by atoms with Gasteiger partial charge in [0, 0.05) is 13.1 Å². The third-order valence-corrected chi connectivity index (χ3v) is 3.88. The van der Waals surface area contributed by atoms with E-state index in [1.807, 2.05) is 22.9 Å². The molecule has 1 atom stereocenters. The highest BCUT2D eigenvalue weighted by molar-refractivity contribution is 5.77. The molecule has 0 radical (unpaired) electrons. The first-order chi connectivity index (χ1) is 9.90.